The second-order valence-electron chi connectivity index (χ2n) is 2.93. The van der Waals surface area contributed by atoms with Crippen molar-refractivity contribution in [2.45, 2.75) is 26.1 Å². The zero-order valence-electron chi connectivity index (χ0n) is 7.07. The topological polar surface area (TPSA) is 70.1 Å². The van der Waals surface area contributed by atoms with Crippen LogP contribution in [0.3, 0.4) is 0 Å². The molecule has 0 spiro atoms. The van der Waals surface area contributed by atoms with Gasteiger partial charge in [-0.2, -0.15) is 0 Å². The molecule has 1 fully saturated rings. The maximum Gasteiger partial charge on any atom is 0.331 e. The summed E-state index contributed by atoms with van der Waals surface area (Å²) in [6, 6.07) is 0. The Morgan fingerprint density at radius 1 is 1.58 bits per heavy atom. The van der Waals surface area contributed by atoms with E-state index in [0.29, 0.717) is 12.2 Å². The molecule has 0 aromatic rings. The first-order valence-corrected chi connectivity index (χ1v) is 3.74. The van der Waals surface area contributed by atoms with E-state index in [1.807, 2.05) is 0 Å². The van der Waals surface area contributed by atoms with Crippen molar-refractivity contribution >= 4 is 5.97 Å². The van der Waals surface area contributed by atoms with Crippen molar-refractivity contribution in [3.05, 3.63) is 11.1 Å². The third kappa shape index (κ3) is 1.84. The van der Waals surface area contributed by atoms with Gasteiger partial charge in [0.2, 0.25) is 0 Å². The van der Waals surface area contributed by atoms with Crippen LogP contribution in [0.25, 0.3) is 0 Å². The van der Waals surface area contributed by atoms with Gasteiger partial charge in [0.05, 0.1) is 6.61 Å². The zero-order chi connectivity index (χ0) is 9.30. The lowest BCUT2D eigenvalue weighted by molar-refractivity contribution is -0.132. The Morgan fingerprint density at radius 2 is 2.08 bits per heavy atom. The highest BCUT2D eigenvalue weighted by Crippen LogP contribution is 2.21. The summed E-state index contributed by atoms with van der Waals surface area (Å²) in [4.78, 5) is 10.5. The molecule has 1 aliphatic heterocycles. The van der Waals surface area contributed by atoms with Gasteiger partial charge in [-0.05, 0) is 19.4 Å². The second-order valence-corrected chi connectivity index (χ2v) is 2.93. The van der Waals surface area contributed by atoms with E-state index in [1.54, 1.807) is 6.92 Å². The lowest BCUT2D eigenvalue weighted by Gasteiger charge is -2.09. The normalized spacial score (nSPS) is 26.1. The highest BCUT2D eigenvalue weighted by Gasteiger charge is 2.33. The van der Waals surface area contributed by atoms with Crippen LogP contribution in [-0.2, 0) is 9.53 Å². The molecule has 4 nitrogen and oxygen atoms in total. The smallest absolute Gasteiger partial charge is 0.331 e. The molecule has 2 N–H and O–H groups in total. The van der Waals surface area contributed by atoms with Crippen molar-refractivity contribution in [2.75, 3.05) is 6.61 Å². The van der Waals surface area contributed by atoms with Gasteiger partial charge < -0.3 is 14.9 Å². The number of hydrogen-bond donors (Lipinski definition) is 2. The summed E-state index contributed by atoms with van der Waals surface area (Å²) < 4.78 is 4.84. The highest BCUT2D eigenvalue weighted by molar-refractivity contribution is 5.86. The summed E-state index contributed by atoms with van der Waals surface area (Å²) in [6.45, 7) is 3.60. The fraction of sp³-hybridized carbons (Fsp3) is 0.625. The number of aliphatic carboxylic acids is 1. The number of carbonyl (C=O) groups is 1. The van der Waals surface area contributed by atoms with Gasteiger partial charge in [-0.1, -0.05) is 0 Å². The summed E-state index contributed by atoms with van der Waals surface area (Å²) in [5.74, 6) is -0.993. The van der Waals surface area contributed by atoms with Crippen molar-refractivity contribution in [3.8, 4) is 0 Å². The fourth-order valence-corrected chi connectivity index (χ4v) is 0.907. The summed E-state index contributed by atoms with van der Waals surface area (Å²) in [6.07, 6.45) is -0.958. The Hall–Kier alpha value is -0.870. The lowest BCUT2D eigenvalue weighted by Crippen LogP contribution is -2.19. The number of rotatable bonds is 3. The molecule has 1 saturated heterocycles. The number of carboxylic acids is 1. The minimum atomic E-state index is -0.993. The van der Waals surface area contributed by atoms with E-state index >= 15 is 0 Å². The molecule has 0 radical (unpaired) electrons. The molecule has 0 aliphatic carbocycles. The second kappa shape index (κ2) is 3.25. The highest BCUT2D eigenvalue weighted by atomic mass is 16.6. The largest absolute Gasteiger partial charge is 0.478 e. The third-order valence-electron chi connectivity index (χ3n) is 2.07. The monoisotopic (exact) mass is 172 g/mol. The molecular formula is C8H12O4. The van der Waals surface area contributed by atoms with Crippen LogP contribution in [0.15, 0.2) is 11.1 Å². The Kier molecular flexibility index (Phi) is 2.49. The molecule has 1 rings (SSSR count). The first-order chi connectivity index (χ1) is 5.54. The average Bonchev–Trinajstić information content (AvgIpc) is 2.82. The molecule has 4 heteroatoms. The maximum atomic E-state index is 10.5. The lowest BCUT2D eigenvalue weighted by atomic mass is 10.0. The average molecular weight is 172 g/mol. The summed E-state index contributed by atoms with van der Waals surface area (Å²) in [5.41, 5.74) is 0.669. The molecule has 68 valence electrons. The van der Waals surface area contributed by atoms with Crippen molar-refractivity contribution in [3.63, 3.8) is 0 Å². The van der Waals surface area contributed by atoms with Crippen LogP contribution in [0.4, 0.5) is 0 Å². The van der Waals surface area contributed by atoms with Crippen molar-refractivity contribution in [1.29, 1.82) is 0 Å². The molecule has 0 bridgehead atoms. The number of aliphatic hydroxyl groups excluding tert-OH is 1. The molecule has 1 heterocycles. The number of epoxide rings is 1. The first kappa shape index (κ1) is 9.22. The van der Waals surface area contributed by atoms with Gasteiger partial charge in [-0.25, -0.2) is 4.79 Å². The minimum Gasteiger partial charge on any atom is -0.478 e. The van der Waals surface area contributed by atoms with Crippen molar-refractivity contribution in [1.82, 2.24) is 0 Å². The third-order valence-corrected chi connectivity index (χ3v) is 2.07. The SMILES string of the molecule is CC(C(=O)O)=C(C)C(O)C1CO1. The van der Waals surface area contributed by atoms with Gasteiger partial charge in [0.1, 0.15) is 12.2 Å². The Bertz CT molecular complexity index is 227. The number of hydrogen-bond acceptors (Lipinski definition) is 3. The van der Waals surface area contributed by atoms with Crippen LogP contribution in [0.1, 0.15) is 13.8 Å². The van der Waals surface area contributed by atoms with Gasteiger partial charge in [-0.15, -0.1) is 0 Å². The number of ether oxygens (including phenoxy) is 1. The Labute approximate surface area is 70.5 Å². The number of carboxylic acid groups (broad SMARTS) is 1. The first-order valence-electron chi connectivity index (χ1n) is 3.74. The van der Waals surface area contributed by atoms with Gasteiger partial charge in [0.15, 0.2) is 0 Å². The molecule has 1 aliphatic rings. The zero-order valence-corrected chi connectivity index (χ0v) is 7.07. The van der Waals surface area contributed by atoms with Crippen LogP contribution in [-0.4, -0.2) is 35.0 Å². The van der Waals surface area contributed by atoms with Gasteiger partial charge in [-0.3, -0.25) is 0 Å². The summed E-state index contributed by atoms with van der Waals surface area (Å²) >= 11 is 0. The van der Waals surface area contributed by atoms with Gasteiger partial charge in [0, 0.05) is 5.57 Å². The fourth-order valence-electron chi connectivity index (χ4n) is 0.907. The predicted octanol–water partition coefficient (Wildman–Crippen LogP) is 0.167. The van der Waals surface area contributed by atoms with E-state index in [9.17, 15) is 9.90 Å². The quantitative estimate of drug-likeness (QED) is 0.470. The molecule has 0 amide bonds. The van der Waals surface area contributed by atoms with E-state index in [4.69, 9.17) is 9.84 Å². The molecule has 12 heavy (non-hydrogen) atoms. The maximum absolute atomic E-state index is 10.5. The summed E-state index contributed by atoms with van der Waals surface area (Å²) in [7, 11) is 0. The Balaban J connectivity index is 2.71. The van der Waals surface area contributed by atoms with Crippen LogP contribution in [0, 0.1) is 0 Å². The van der Waals surface area contributed by atoms with E-state index < -0.39 is 12.1 Å². The van der Waals surface area contributed by atoms with E-state index in [-0.39, 0.29) is 11.7 Å². The van der Waals surface area contributed by atoms with E-state index in [2.05, 4.69) is 0 Å². The van der Waals surface area contributed by atoms with Crippen molar-refractivity contribution in [2.24, 2.45) is 0 Å². The van der Waals surface area contributed by atoms with Crippen LogP contribution >= 0.6 is 0 Å². The molecule has 2 unspecified atom stereocenters. The molecule has 0 aromatic heterocycles. The minimum absolute atomic E-state index is 0.193. The molecule has 0 aromatic carbocycles. The molecule has 2 atom stereocenters. The van der Waals surface area contributed by atoms with E-state index in [1.165, 1.54) is 6.92 Å². The Morgan fingerprint density at radius 3 is 2.42 bits per heavy atom. The van der Waals surface area contributed by atoms with Gasteiger partial charge in [0.25, 0.3) is 0 Å². The molecule has 0 saturated carbocycles. The van der Waals surface area contributed by atoms with Crippen molar-refractivity contribution < 1.29 is 19.7 Å². The van der Waals surface area contributed by atoms with Gasteiger partial charge >= 0.3 is 5.97 Å². The summed E-state index contributed by atoms with van der Waals surface area (Å²) in [5, 5.41) is 18.0. The standard InChI is InChI=1S/C8H12O4/c1-4(5(2)8(10)11)7(9)6-3-12-6/h6-7,9H,3H2,1-2H3,(H,10,11). The predicted molar refractivity (Wildman–Crippen MR) is 41.8 cm³/mol. The van der Waals surface area contributed by atoms with Crippen LogP contribution < -0.4 is 0 Å². The van der Waals surface area contributed by atoms with Crippen LogP contribution in [0.2, 0.25) is 0 Å². The number of aliphatic hydroxyl groups is 1. The van der Waals surface area contributed by atoms with E-state index in [0.717, 1.165) is 0 Å². The van der Waals surface area contributed by atoms with Crippen LogP contribution in [0.5, 0.6) is 0 Å². The molecular weight excluding hydrogens is 160 g/mol.